The van der Waals surface area contributed by atoms with Crippen LogP contribution in [-0.2, 0) is 4.79 Å². The number of hydrogen-bond donors (Lipinski definition) is 1. The topological polar surface area (TPSA) is 59.9 Å². The summed E-state index contributed by atoms with van der Waals surface area (Å²) in [7, 11) is 0. The molecule has 16 heavy (non-hydrogen) atoms. The SMILES string of the molecule is O=C1NC=N/C1=C\c1ccc2c(c1)OCO2. The van der Waals surface area contributed by atoms with Crippen LogP contribution in [0.4, 0.5) is 0 Å². The summed E-state index contributed by atoms with van der Waals surface area (Å²) in [6, 6.07) is 5.48. The van der Waals surface area contributed by atoms with Crippen molar-refractivity contribution in [2.45, 2.75) is 0 Å². The molecule has 0 saturated carbocycles. The molecule has 1 aromatic rings. The lowest BCUT2D eigenvalue weighted by molar-refractivity contribution is -0.115. The Morgan fingerprint density at radius 3 is 3.00 bits per heavy atom. The van der Waals surface area contributed by atoms with Gasteiger partial charge < -0.3 is 14.8 Å². The first-order chi connectivity index (χ1) is 7.83. The van der Waals surface area contributed by atoms with Gasteiger partial charge in [-0.25, -0.2) is 4.99 Å². The van der Waals surface area contributed by atoms with Crippen LogP contribution in [0.1, 0.15) is 5.56 Å². The van der Waals surface area contributed by atoms with Crippen LogP contribution in [0.3, 0.4) is 0 Å². The van der Waals surface area contributed by atoms with Gasteiger partial charge in [0.05, 0.1) is 6.34 Å². The molecule has 1 N–H and O–H groups in total. The fourth-order valence-corrected chi connectivity index (χ4v) is 1.56. The van der Waals surface area contributed by atoms with E-state index in [9.17, 15) is 4.79 Å². The van der Waals surface area contributed by atoms with Crippen LogP contribution in [-0.4, -0.2) is 19.0 Å². The van der Waals surface area contributed by atoms with E-state index in [1.165, 1.54) is 6.34 Å². The second-order valence-electron chi connectivity index (χ2n) is 3.37. The zero-order valence-corrected chi connectivity index (χ0v) is 8.27. The molecular formula is C11H8N2O3. The molecule has 2 aliphatic rings. The maximum atomic E-state index is 11.3. The molecule has 5 nitrogen and oxygen atoms in total. The van der Waals surface area contributed by atoms with Gasteiger partial charge in [0.1, 0.15) is 5.70 Å². The summed E-state index contributed by atoms with van der Waals surface area (Å²) in [5, 5.41) is 2.49. The number of carbonyl (C=O) groups excluding carboxylic acids is 1. The van der Waals surface area contributed by atoms with Crippen molar-refractivity contribution >= 4 is 18.3 Å². The van der Waals surface area contributed by atoms with Gasteiger partial charge >= 0.3 is 0 Å². The Morgan fingerprint density at radius 2 is 2.19 bits per heavy atom. The summed E-state index contributed by atoms with van der Waals surface area (Å²) >= 11 is 0. The number of aliphatic imine (C=N–C) groups is 1. The predicted octanol–water partition coefficient (Wildman–Crippen LogP) is 0.914. The average molecular weight is 216 g/mol. The van der Waals surface area contributed by atoms with E-state index in [1.807, 2.05) is 18.2 Å². The van der Waals surface area contributed by atoms with Gasteiger partial charge in [-0.05, 0) is 23.8 Å². The molecule has 0 bridgehead atoms. The molecule has 0 radical (unpaired) electrons. The van der Waals surface area contributed by atoms with Crippen molar-refractivity contribution < 1.29 is 14.3 Å². The number of rotatable bonds is 1. The molecule has 80 valence electrons. The van der Waals surface area contributed by atoms with Crippen molar-refractivity contribution in [2.75, 3.05) is 6.79 Å². The van der Waals surface area contributed by atoms with Crippen LogP contribution in [0.25, 0.3) is 6.08 Å². The Bertz CT molecular complexity index is 520. The van der Waals surface area contributed by atoms with Crippen LogP contribution in [0.2, 0.25) is 0 Å². The number of hydrogen-bond acceptors (Lipinski definition) is 4. The van der Waals surface area contributed by atoms with E-state index < -0.39 is 0 Å². The van der Waals surface area contributed by atoms with Crippen LogP contribution in [0, 0.1) is 0 Å². The molecule has 0 aromatic heterocycles. The highest BCUT2D eigenvalue weighted by Crippen LogP contribution is 2.33. The highest BCUT2D eigenvalue weighted by Gasteiger charge is 2.15. The molecule has 0 unspecified atom stereocenters. The second kappa shape index (κ2) is 3.37. The fourth-order valence-electron chi connectivity index (χ4n) is 1.56. The van der Waals surface area contributed by atoms with Gasteiger partial charge in [0.15, 0.2) is 11.5 Å². The quantitative estimate of drug-likeness (QED) is 0.710. The zero-order valence-electron chi connectivity index (χ0n) is 8.27. The first-order valence-electron chi connectivity index (χ1n) is 4.78. The molecule has 0 aliphatic carbocycles. The lowest BCUT2D eigenvalue weighted by atomic mass is 10.1. The maximum Gasteiger partial charge on any atom is 0.275 e. The third-order valence-electron chi connectivity index (χ3n) is 2.33. The molecule has 0 atom stereocenters. The van der Waals surface area contributed by atoms with E-state index in [0.29, 0.717) is 11.4 Å². The Balaban J connectivity index is 1.96. The van der Waals surface area contributed by atoms with Crippen molar-refractivity contribution in [3.63, 3.8) is 0 Å². The third-order valence-corrected chi connectivity index (χ3v) is 2.33. The molecule has 1 amide bonds. The van der Waals surface area contributed by atoms with E-state index >= 15 is 0 Å². The van der Waals surface area contributed by atoms with Crippen molar-refractivity contribution in [3.05, 3.63) is 29.5 Å². The number of amides is 1. The van der Waals surface area contributed by atoms with Gasteiger partial charge in [-0.2, -0.15) is 0 Å². The van der Waals surface area contributed by atoms with E-state index in [-0.39, 0.29) is 12.7 Å². The van der Waals surface area contributed by atoms with Gasteiger partial charge in [-0.3, -0.25) is 4.79 Å². The average Bonchev–Trinajstić information content (AvgIpc) is 2.88. The molecule has 0 saturated heterocycles. The van der Waals surface area contributed by atoms with Crippen LogP contribution < -0.4 is 14.8 Å². The standard InChI is InChI=1S/C11H8N2O3/c14-11-8(12-5-13-11)3-7-1-2-9-10(4-7)16-6-15-9/h1-5H,6H2,(H,12,13,14)/b8-3-. The lowest BCUT2D eigenvalue weighted by Crippen LogP contribution is -2.14. The van der Waals surface area contributed by atoms with Crippen LogP contribution >= 0.6 is 0 Å². The Morgan fingerprint density at radius 1 is 1.31 bits per heavy atom. The number of nitrogens with one attached hydrogen (secondary N) is 1. The van der Waals surface area contributed by atoms with Crippen molar-refractivity contribution in [1.82, 2.24) is 5.32 Å². The number of nitrogens with zero attached hydrogens (tertiary/aromatic N) is 1. The minimum absolute atomic E-state index is 0.197. The van der Waals surface area contributed by atoms with E-state index in [1.54, 1.807) is 6.08 Å². The molecule has 3 rings (SSSR count). The Hall–Kier alpha value is -2.30. The molecule has 0 fully saturated rings. The number of carbonyl (C=O) groups is 1. The number of fused-ring (bicyclic) bond motifs is 1. The summed E-state index contributed by atoms with van der Waals surface area (Å²) in [4.78, 5) is 15.2. The number of ether oxygens (including phenoxy) is 2. The number of benzene rings is 1. The summed E-state index contributed by atoms with van der Waals surface area (Å²) in [6.45, 7) is 0.244. The molecule has 2 heterocycles. The monoisotopic (exact) mass is 216 g/mol. The predicted molar refractivity (Wildman–Crippen MR) is 57.2 cm³/mol. The molecule has 1 aromatic carbocycles. The highest BCUT2D eigenvalue weighted by atomic mass is 16.7. The van der Waals surface area contributed by atoms with Crippen LogP contribution in [0.15, 0.2) is 28.9 Å². The van der Waals surface area contributed by atoms with Gasteiger partial charge in [0, 0.05) is 0 Å². The zero-order chi connectivity index (χ0) is 11.0. The summed E-state index contributed by atoms with van der Waals surface area (Å²) in [5.74, 6) is 1.22. The van der Waals surface area contributed by atoms with Gasteiger partial charge in [0.25, 0.3) is 5.91 Å². The molecule has 0 spiro atoms. The Kier molecular flexibility index (Phi) is 1.89. The van der Waals surface area contributed by atoms with Crippen molar-refractivity contribution in [3.8, 4) is 11.5 Å². The smallest absolute Gasteiger partial charge is 0.275 e. The van der Waals surface area contributed by atoms with Crippen molar-refractivity contribution in [1.29, 1.82) is 0 Å². The summed E-state index contributed by atoms with van der Waals surface area (Å²) in [6.07, 6.45) is 3.07. The van der Waals surface area contributed by atoms with Gasteiger partial charge in [-0.1, -0.05) is 6.07 Å². The van der Waals surface area contributed by atoms with Gasteiger partial charge in [-0.15, -0.1) is 0 Å². The first-order valence-corrected chi connectivity index (χ1v) is 4.78. The van der Waals surface area contributed by atoms with Crippen molar-refractivity contribution in [2.24, 2.45) is 4.99 Å². The molecule has 5 heteroatoms. The fraction of sp³-hybridized carbons (Fsp3) is 0.0909. The normalized spacial score (nSPS) is 19.2. The van der Waals surface area contributed by atoms with E-state index in [4.69, 9.17) is 9.47 Å². The maximum absolute atomic E-state index is 11.3. The highest BCUT2D eigenvalue weighted by molar-refractivity contribution is 6.08. The summed E-state index contributed by atoms with van der Waals surface area (Å²) in [5.41, 5.74) is 1.24. The minimum Gasteiger partial charge on any atom is -0.454 e. The van der Waals surface area contributed by atoms with Crippen LogP contribution in [0.5, 0.6) is 11.5 Å². The molecular weight excluding hydrogens is 208 g/mol. The second-order valence-corrected chi connectivity index (χ2v) is 3.37. The van der Waals surface area contributed by atoms with Gasteiger partial charge in [0.2, 0.25) is 6.79 Å². The first kappa shape index (κ1) is 8.96. The van der Waals surface area contributed by atoms with E-state index in [0.717, 1.165) is 11.3 Å². The lowest BCUT2D eigenvalue weighted by Gasteiger charge is -1.98. The molecule has 2 aliphatic heterocycles. The van der Waals surface area contributed by atoms with E-state index in [2.05, 4.69) is 10.3 Å². The largest absolute Gasteiger partial charge is 0.454 e. The minimum atomic E-state index is -0.197. The third kappa shape index (κ3) is 1.42. The summed E-state index contributed by atoms with van der Waals surface area (Å²) < 4.78 is 10.4. The Labute approximate surface area is 91.4 Å².